The Morgan fingerprint density at radius 3 is 2.55 bits per heavy atom. The van der Waals surface area contributed by atoms with E-state index in [0.29, 0.717) is 17.7 Å². The topological polar surface area (TPSA) is 63.1 Å². The minimum atomic E-state index is -0.204. The van der Waals surface area contributed by atoms with E-state index < -0.39 is 0 Å². The van der Waals surface area contributed by atoms with Crippen molar-refractivity contribution in [2.45, 2.75) is 19.5 Å². The minimum absolute atomic E-state index is 0.204. The van der Waals surface area contributed by atoms with Crippen molar-refractivity contribution in [1.29, 1.82) is 0 Å². The van der Waals surface area contributed by atoms with Gasteiger partial charge in [0.25, 0.3) is 5.91 Å². The number of fused-ring (bicyclic) bond motifs is 2. The molecule has 3 aromatic rings. The van der Waals surface area contributed by atoms with Crippen molar-refractivity contribution in [3.8, 4) is 0 Å². The van der Waals surface area contributed by atoms with Gasteiger partial charge in [0, 0.05) is 43.3 Å². The third-order valence-electron chi connectivity index (χ3n) is 5.90. The van der Waals surface area contributed by atoms with Gasteiger partial charge in [0.2, 0.25) is 5.82 Å². The Bertz CT molecular complexity index is 1020. The Labute approximate surface area is 174 Å². The third-order valence-corrected chi connectivity index (χ3v) is 6.15. The Hall–Kier alpha value is -2.70. The van der Waals surface area contributed by atoms with Gasteiger partial charge in [0.1, 0.15) is 5.82 Å². The van der Waals surface area contributed by atoms with Crippen molar-refractivity contribution in [2.75, 3.05) is 18.4 Å². The molecule has 1 fully saturated rings. The average molecular weight is 408 g/mol. The highest BCUT2D eigenvalue weighted by atomic mass is 35.5. The molecule has 1 aromatic heterocycles. The molecule has 3 heterocycles. The molecular formula is C22H22ClN5O. The zero-order chi connectivity index (χ0) is 19.8. The highest BCUT2D eigenvalue weighted by molar-refractivity contribution is 6.30. The van der Waals surface area contributed by atoms with Crippen molar-refractivity contribution >= 4 is 23.2 Å². The van der Waals surface area contributed by atoms with Gasteiger partial charge in [-0.05, 0) is 41.7 Å². The van der Waals surface area contributed by atoms with Crippen molar-refractivity contribution in [3.05, 3.63) is 76.8 Å². The normalized spacial score (nSPS) is 20.9. The van der Waals surface area contributed by atoms with Crippen LogP contribution in [-0.4, -0.2) is 38.7 Å². The van der Waals surface area contributed by atoms with E-state index in [-0.39, 0.29) is 5.91 Å². The van der Waals surface area contributed by atoms with E-state index in [0.717, 1.165) is 49.1 Å². The Morgan fingerprint density at radius 1 is 1.00 bits per heavy atom. The van der Waals surface area contributed by atoms with E-state index in [1.165, 1.54) is 5.56 Å². The molecule has 0 bridgehead atoms. The van der Waals surface area contributed by atoms with Gasteiger partial charge in [-0.15, -0.1) is 10.2 Å². The first-order chi connectivity index (χ1) is 14.2. The first-order valence-electron chi connectivity index (χ1n) is 9.91. The smallest absolute Gasteiger partial charge is 0.293 e. The number of benzene rings is 2. The van der Waals surface area contributed by atoms with Crippen LogP contribution in [0.15, 0.2) is 54.6 Å². The van der Waals surface area contributed by atoms with Gasteiger partial charge in [-0.1, -0.05) is 41.9 Å². The zero-order valence-corrected chi connectivity index (χ0v) is 16.7. The zero-order valence-electron chi connectivity index (χ0n) is 16.0. The molecule has 7 heteroatoms. The Kier molecular flexibility index (Phi) is 4.81. The maximum atomic E-state index is 12.7. The second-order valence-electron chi connectivity index (χ2n) is 7.92. The second kappa shape index (κ2) is 7.61. The molecule has 6 nitrogen and oxygen atoms in total. The van der Waals surface area contributed by atoms with Crippen LogP contribution in [0.5, 0.6) is 0 Å². The molecule has 1 amide bonds. The second-order valence-corrected chi connectivity index (χ2v) is 8.35. The molecule has 2 aliphatic heterocycles. The summed E-state index contributed by atoms with van der Waals surface area (Å²) in [4.78, 5) is 15.2. The van der Waals surface area contributed by atoms with E-state index in [9.17, 15) is 4.79 Å². The molecule has 0 aliphatic carbocycles. The molecule has 0 spiro atoms. The number of hydrogen-bond donors (Lipinski definition) is 1. The van der Waals surface area contributed by atoms with Gasteiger partial charge < -0.3 is 9.88 Å². The van der Waals surface area contributed by atoms with E-state index >= 15 is 0 Å². The molecule has 29 heavy (non-hydrogen) atoms. The van der Waals surface area contributed by atoms with Crippen LogP contribution in [0.3, 0.4) is 0 Å². The van der Waals surface area contributed by atoms with Gasteiger partial charge in [-0.25, -0.2) is 0 Å². The van der Waals surface area contributed by atoms with Crippen molar-refractivity contribution < 1.29 is 4.79 Å². The summed E-state index contributed by atoms with van der Waals surface area (Å²) in [7, 11) is 0. The number of para-hydroxylation sites is 1. The fourth-order valence-electron chi connectivity index (χ4n) is 4.47. The standard InChI is InChI=1S/C22H22ClN5O/c23-18-8-6-15(7-9-18)11-27-12-16-10-20-25-26-21(28(20)14-17(16)13-27)22(29)24-19-4-2-1-3-5-19/h1-9,16-17H,10-14H2,(H,24,29)/t16-,17-/m1/s1. The summed E-state index contributed by atoms with van der Waals surface area (Å²) in [5.41, 5.74) is 2.04. The maximum Gasteiger partial charge on any atom is 0.293 e. The molecule has 5 rings (SSSR count). The largest absolute Gasteiger partial charge is 0.319 e. The highest BCUT2D eigenvalue weighted by Crippen LogP contribution is 2.33. The Morgan fingerprint density at radius 2 is 1.76 bits per heavy atom. The van der Waals surface area contributed by atoms with E-state index in [1.807, 2.05) is 47.0 Å². The summed E-state index contributed by atoms with van der Waals surface area (Å²) in [6.07, 6.45) is 0.868. The lowest BCUT2D eigenvalue weighted by Crippen LogP contribution is -2.31. The molecule has 0 saturated carbocycles. The lowest BCUT2D eigenvalue weighted by molar-refractivity contribution is 0.100. The number of aromatic nitrogens is 3. The quantitative estimate of drug-likeness (QED) is 0.719. The molecule has 1 N–H and O–H groups in total. The van der Waals surface area contributed by atoms with E-state index in [4.69, 9.17) is 11.6 Å². The summed E-state index contributed by atoms with van der Waals surface area (Å²) in [5, 5.41) is 12.2. The first-order valence-corrected chi connectivity index (χ1v) is 10.3. The fourth-order valence-corrected chi connectivity index (χ4v) is 4.60. The van der Waals surface area contributed by atoms with Crippen molar-refractivity contribution in [3.63, 3.8) is 0 Å². The van der Waals surface area contributed by atoms with Crippen LogP contribution in [0.1, 0.15) is 22.0 Å². The molecule has 2 aliphatic rings. The highest BCUT2D eigenvalue weighted by Gasteiger charge is 2.39. The predicted octanol–water partition coefficient (Wildman–Crippen LogP) is 3.49. The predicted molar refractivity (Wildman–Crippen MR) is 112 cm³/mol. The molecule has 1 saturated heterocycles. The molecule has 2 atom stereocenters. The summed E-state index contributed by atoms with van der Waals surface area (Å²) in [6.45, 7) is 3.78. The van der Waals surface area contributed by atoms with Crippen LogP contribution in [0.25, 0.3) is 0 Å². The van der Waals surface area contributed by atoms with Gasteiger partial charge in [-0.3, -0.25) is 9.69 Å². The minimum Gasteiger partial charge on any atom is -0.319 e. The fraction of sp³-hybridized carbons (Fsp3) is 0.318. The molecule has 0 unspecified atom stereocenters. The number of halogens is 1. The first kappa shape index (κ1) is 18.3. The van der Waals surface area contributed by atoms with Crippen LogP contribution in [0.2, 0.25) is 5.02 Å². The average Bonchev–Trinajstić information content (AvgIpc) is 3.31. The summed E-state index contributed by atoms with van der Waals surface area (Å²) in [6, 6.07) is 17.5. The van der Waals surface area contributed by atoms with E-state index in [1.54, 1.807) is 0 Å². The lowest BCUT2D eigenvalue weighted by atomic mass is 9.89. The number of carbonyl (C=O) groups is 1. The van der Waals surface area contributed by atoms with Crippen molar-refractivity contribution in [1.82, 2.24) is 19.7 Å². The number of nitrogens with one attached hydrogen (secondary N) is 1. The number of amides is 1. The van der Waals surface area contributed by atoms with Gasteiger partial charge in [0.05, 0.1) is 0 Å². The number of carbonyl (C=O) groups excluding carboxylic acids is 1. The number of hydrogen-bond acceptors (Lipinski definition) is 4. The summed E-state index contributed by atoms with van der Waals surface area (Å²) < 4.78 is 2.01. The SMILES string of the molecule is O=C(Nc1ccccc1)c1nnc2n1C[C@H]1CN(Cc3ccc(Cl)cc3)C[C@H]1C2. The maximum absolute atomic E-state index is 12.7. The van der Waals surface area contributed by atoms with Crippen LogP contribution in [0, 0.1) is 11.8 Å². The third kappa shape index (κ3) is 3.78. The summed E-state index contributed by atoms with van der Waals surface area (Å²) >= 11 is 6.00. The van der Waals surface area contributed by atoms with Gasteiger partial charge >= 0.3 is 0 Å². The number of likely N-dealkylation sites (tertiary alicyclic amines) is 1. The van der Waals surface area contributed by atoms with Crippen molar-refractivity contribution in [2.24, 2.45) is 11.8 Å². The molecular weight excluding hydrogens is 386 g/mol. The number of rotatable bonds is 4. The van der Waals surface area contributed by atoms with Crippen LogP contribution >= 0.6 is 11.6 Å². The number of anilines is 1. The molecule has 0 radical (unpaired) electrons. The molecule has 2 aromatic carbocycles. The van der Waals surface area contributed by atoms with Gasteiger partial charge in [-0.2, -0.15) is 0 Å². The van der Waals surface area contributed by atoms with Crippen LogP contribution in [-0.2, 0) is 19.5 Å². The monoisotopic (exact) mass is 407 g/mol. The lowest BCUT2D eigenvalue weighted by Gasteiger charge is -2.25. The Balaban J connectivity index is 1.27. The van der Waals surface area contributed by atoms with E-state index in [2.05, 4.69) is 32.5 Å². The molecule has 148 valence electrons. The van der Waals surface area contributed by atoms with Crippen LogP contribution in [0.4, 0.5) is 5.69 Å². The van der Waals surface area contributed by atoms with Crippen LogP contribution < -0.4 is 5.32 Å². The summed E-state index contributed by atoms with van der Waals surface area (Å²) in [5.74, 6) is 2.18. The van der Waals surface area contributed by atoms with Gasteiger partial charge in [0.15, 0.2) is 0 Å². The number of nitrogens with zero attached hydrogens (tertiary/aromatic N) is 4.